The number of hydrogen-bond acceptors (Lipinski definition) is 4. The Kier molecular flexibility index (Phi) is 3.65. The molecule has 0 saturated carbocycles. The molecule has 0 spiro atoms. The summed E-state index contributed by atoms with van der Waals surface area (Å²) in [6.45, 7) is 2.07. The van der Waals surface area contributed by atoms with Crippen LogP contribution in [0.2, 0.25) is 0 Å². The highest BCUT2D eigenvalue weighted by atomic mass is 16.5. The van der Waals surface area contributed by atoms with E-state index in [-0.39, 0.29) is 18.8 Å². The van der Waals surface area contributed by atoms with Crippen molar-refractivity contribution in [2.45, 2.75) is 13.5 Å². The first-order valence-corrected chi connectivity index (χ1v) is 5.73. The van der Waals surface area contributed by atoms with Crippen LogP contribution in [0.15, 0.2) is 24.4 Å². The van der Waals surface area contributed by atoms with E-state index in [2.05, 4.69) is 10.3 Å². The van der Waals surface area contributed by atoms with Gasteiger partial charge >= 0.3 is 12.1 Å². The van der Waals surface area contributed by atoms with Crippen molar-refractivity contribution in [3.63, 3.8) is 0 Å². The fourth-order valence-corrected chi connectivity index (χ4v) is 1.72. The van der Waals surface area contributed by atoms with E-state index in [0.717, 1.165) is 0 Å². The minimum absolute atomic E-state index is 0.0405. The van der Waals surface area contributed by atoms with Gasteiger partial charge in [-0.2, -0.15) is 0 Å². The highest BCUT2D eigenvalue weighted by Crippen LogP contribution is 2.13. The lowest BCUT2D eigenvalue weighted by atomic mass is 10.3. The van der Waals surface area contributed by atoms with Crippen LogP contribution in [0.5, 0.6) is 0 Å². The van der Waals surface area contributed by atoms with E-state index in [9.17, 15) is 9.59 Å². The minimum atomic E-state index is -1.11. The number of carboxylic acids is 1. The Hall–Kier alpha value is -2.57. The van der Waals surface area contributed by atoms with E-state index >= 15 is 0 Å². The Balaban J connectivity index is 2.28. The number of carbonyl (C=O) groups is 2. The van der Waals surface area contributed by atoms with Crippen LogP contribution in [-0.2, 0) is 11.3 Å². The second kappa shape index (κ2) is 5.38. The number of aromatic nitrogens is 2. The van der Waals surface area contributed by atoms with Gasteiger partial charge in [-0.3, -0.25) is 0 Å². The molecule has 100 valence electrons. The highest BCUT2D eigenvalue weighted by molar-refractivity contribution is 5.93. The third-order valence-corrected chi connectivity index (χ3v) is 2.49. The number of alkyl carbamates (subject to hydrolysis) is 1. The van der Waals surface area contributed by atoms with Crippen LogP contribution in [0.3, 0.4) is 0 Å². The standard InChI is InChI=1S/C12H13N3O4/c1-2-19-12(18)13-7-9-14-10(11(16)17)8-5-3-4-6-15(8)9/h3-6H,2,7H2,1H3,(H,13,18)(H,16,17). The number of nitrogens with one attached hydrogen (secondary N) is 1. The topological polar surface area (TPSA) is 92.9 Å². The lowest BCUT2D eigenvalue weighted by Crippen LogP contribution is -2.24. The molecule has 0 fully saturated rings. The molecule has 0 aliphatic carbocycles. The summed E-state index contributed by atoms with van der Waals surface area (Å²) >= 11 is 0. The number of nitrogens with zero attached hydrogens (tertiary/aromatic N) is 2. The maximum absolute atomic E-state index is 11.2. The molecule has 0 atom stereocenters. The first-order valence-electron chi connectivity index (χ1n) is 5.73. The van der Waals surface area contributed by atoms with Crippen LogP contribution in [0, 0.1) is 0 Å². The second-order valence-electron chi connectivity index (χ2n) is 3.71. The van der Waals surface area contributed by atoms with Crippen molar-refractivity contribution < 1.29 is 19.4 Å². The lowest BCUT2D eigenvalue weighted by molar-refractivity contribution is 0.0693. The van der Waals surface area contributed by atoms with Gasteiger partial charge in [0, 0.05) is 6.20 Å². The molecule has 0 radical (unpaired) electrons. The van der Waals surface area contributed by atoms with Gasteiger partial charge in [0.25, 0.3) is 0 Å². The van der Waals surface area contributed by atoms with Crippen molar-refractivity contribution >= 4 is 17.6 Å². The Morgan fingerprint density at radius 2 is 2.26 bits per heavy atom. The summed E-state index contributed by atoms with van der Waals surface area (Å²) < 4.78 is 6.35. The fraction of sp³-hybridized carbons (Fsp3) is 0.250. The number of carbonyl (C=O) groups excluding carboxylic acids is 1. The molecule has 0 aliphatic heterocycles. The fourth-order valence-electron chi connectivity index (χ4n) is 1.72. The predicted molar refractivity (Wildman–Crippen MR) is 66.0 cm³/mol. The zero-order valence-corrected chi connectivity index (χ0v) is 10.3. The van der Waals surface area contributed by atoms with Gasteiger partial charge in [-0.1, -0.05) is 6.07 Å². The molecule has 0 aromatic carbocycles. The SMILES string of the molecule is CCOC(=O)NCc1nc(C(=O)O)c2ccccn12. The van der Waals surface area contributed by atoms with Gasteiger partial charge in [-0.05, 0) is 19.1 Å². The number of amides is 1. The van der Waals surface area contributed by atoms with Crippen LogP contribution in [-0.4, -0.2) is 33.2 Å². The molecule has 7 nitrogen and oxygen atoms in total. The molecule has 0 bridgehead atoms. The smallest absolute Gasteiger partial charge is 0.407 e. The van der Waals surface area contributed by atoms with Crippen molar-refractivity contribution in [3.05, 3.63) is 35.9 Å². The summed E-state index contributed by atoms with van der Waals surface area (Å²) in [5.74, 6) is -0.674. The molecule has 2 aromatic rings. The van der Waals surface area contributed by atoms with Crippen LogP contribution in [0.1, 0.15) is 23.2 Å². The van der Waals surface area contributed by atoms with E-state index in [1.54, 1.807) is 35.7 Å². The molecule has 0 unspecified atom stereocenters. The van der Waals surface area contributed by atoms with Crippen molar-refractivity contribution in [1.29, 1.82) is 0 Å². The van der Waals surface area contributed by atoms with Crippen molar-refractivity contribution in [1.82, 2.24) is 14.7 Å². The maximum atomic E-state index is 11.2. The number of hydrogen-bond donors (Lipinski definition) is 2. The number of rotatable bonds is 4. The molecule has 2 heterocycles. The third kappa shape index (κ3) is 2.65. The predicted octanol–water partition coefficient (Wildman–Crippen LogP) is 1.28. The van der Waals surface area contributed by atoms with E-state index in [1.165, 1.54) is 0 Å². The van der Waals surface area contributed by atoms with E-state index < -0.39 is 12.1 Å². The van der Waals surface area contributed by atoms with Gasteiger partial charge in [-0.25, -0.2) is 14.6 Å². The normalized spacial score (nSPS) is 10.4. The molecule has 2 rings (SSSR count). The van der Waals surface area contributed by atoms with Gasteiger partial charge in [0.2, 0.25) is 0 Å². The average molecular weight is 263 g/mol. The molecule has 19 heavy (non-hydrogen) atoms. The molecule has 0 saturated heterocycles. The number of carboxylic acid groups (broad SMARTS) is 1. The zero-order valence-electron chi connectivity index (χ0n) is 10.3. The molecule has 2 N–H and O–H groups in total. The number of aromatic carboxylic acids is 1. The number of ether oxygens (including phenoxy) is 1. The van der Waals surface area contributed by atoms with Crippen LogP contribution in [0.4, 0.5) is 4.79 Å². The number of pyridine rings is 1. The van der Waals surface area contributed by atoms with Gasteiger partial charge in [-0.15, -0.1) is 0 Å². The van der Waals surface area contributed by atoms with Gasteiger partial charge in [0.1, 0.15) is 5.82 Å². The number of imidazole rings is 1. The molecule has 7 heteroatoms. The highest BCUT2D eigenvalue weighted by Gasteiger charge is 2.16. The monoisotopic (exact) mass is 263 g/mol. The Morgan fingerprint density at radius 1 is 1.47 bits per heavy atom. The summed E-state index contributed by atoms with van der Waals surface area (Å²) in [4.78, 5) is 26.3. The first kappa shape index (κ1) is 12.9. The van der Waals surface area contributed by atoms with Gasteiger partial charge < -0.3 is 19.6 Å². The summed E-state index contributed by atoms with van der Waals surface area (Å²) in [6, 6.07) is 5.14. The van der Waals surface area contributed by atoms with E-state index in [0.29, 0.717) is 11.3 Å². The zero-order chi connectivity index (χ0) is 13.8. The van der Waals surface area contributed by atoms with Crippen LogP contribution < -0.4 is 5.32 Å². The first-order chi connectivity index (χ1) is 9.13. The molecular weight excluding hydrogens is 250 g/mol. The van der Waals surface area contributed by atoms with Crippen LogP contribution in [0.25, 0.3) is 5.52 Å². The summed E-state index contributed by atoms with van der Waals surface area (Å²) in [5.41, 5.74) is 0.442. The largest absolute Gasteiger partial charge is 0.476 e. The van der Waals surface area contributed by atoms with Crippen molar-refractivity contribution in [3.8, 4) is 0 Å². The Morgan fingerprint density at radius 3 is 2.95 bits per heavy atom. The lowest BCUT2D eigenvalue weighted by Gasteiger charge is -2.04. The van der Waals surface area contributed by atoms with Crippen molar-refractivity contribution in [2.24, 2.45) is 0 Å². The Bertz CT molecular complexity index is 620. The molecule has 2 aromatic heterocycles. The maximum Gasteiger partial charge on any atom is 0.407 e. The summed E-state index contributed by atoms with van der Waals surface area (Å²) in [7, 11) is 0. The van der Waals surface area contributed by atoms with Gasteiger partial charge in [0.05, 0.1) is 18.7 Å². The molecule has 0 aliphatic rings. The summed E-state index contributed by atoms with van der Waals surface area (Å²) in [6.07, 6.45) is 1.13. The van der Waals surface area contributed by atoms with Crippen molar-refractivity contribution in [2.75, 3.05) is 6.61 Å². The quantitative estimate of drug-likeness (QED) is 0.866. The molecular formula is C12H13N3O4. The minimum Gasteiger partial charge on any atom is -0.476 e. The van der Waals surface area contributed by atoms with Gasteiger partial charge in [0.15, 0.2) is 5.69 Å². The van der Waals surface area contributed by atoms with E-state index in [1.807, 2.05) is 0 Å². The third-order valence-electron chi connectivity index (χ3n) is 2.49. The number of fused-ring (bicyclic) bond motifs is 1. The van der Waals surface area contributed by atoms with E-state index in [4.69, 9.17) is 9.84 Å². The van der Waals surface area contributed by atoms with Crippen LogP contribution >= 0.6 is 0 Å². The Labute approximate surface area is 108 Å². The average Bonchev–Trinajstić information content (AvgIpc) is 2.76. The molecule has 1 amide bonds. The summed E-state index contributed by atoms with van der Waals surface area (Å²) in [5, 5.41) is 11.6. The second-order valence-corrected chi connectivity index (χ2v) is 3.71.